The number of hydrogen-bond donors (Lipinski definition) is 2. The zero-order chi connectivity index (χ0) is 26.0. The molecule has 3 aromatic carbocycles. The molecule has 0 radical (unpaired) electrons. The third-order valence-corrected chi connectivity index (χ3v) is 8.48. The quantitative estimate of drug-likeness (QED) is 0.215. The fourth-order valence-corrected chi connectivity index (χ4v) is 6.42. The number of H-pyrrole nitrogens is 1. The predicted octanol–water partition coefficient (Wildman–Crippen LogP) is 7.03. The van der Waals surface area contributed by atoms with Crippen LogP contribution < -0.4 is 14.4 Å². The number of ether oxygens (including phenoxy) is 1. The van der Waals surface area contributed by atoms with E-state index in [-0.39, 0.29) is 18.0 Å². The van der Waals surface area contributed by atoms with E-state index in [2.05, 4.69) is 38.9 Å². The molecule has 0 atom stereocenters. The molecule has 2 N–H and O–H groups in total. The molecule has 10 heteroatoms. The van der Waals surface area contributed by atoms with Crippen LogP contribution in [-0.2, 0) is 16.4 Å². The number of anilines is 2. The normalized spacial score (nSPS) is 13.5. The van der Waals surface area contributed by atoms with Crippen LogP contribution in [0.5, 0.6) is 5.75 Å². The molecule has 1 aromatic heterocycles. The number of benzene rings is 3. The third-order valence-electron chi connectivity index (χ3n) is 6.48. The van der Waals surface area contributed by atoms with Crippen molar-refractivity contribution >= 4 is 55.5 Å². The number of aromatic nitrogens is 1. The summed E-state index contributed by atoms with van der Waals surface area (Å²) in [6.45, 7) is 2.19. The monoisotopic (exact) mass is 561 g/mol. The van der Waals surface area contributed by atoms with Gasteiger partial charge in [0.2, 0.25) is 0 Å². The van der Waals surface area contributed by atoms with Gasteiger partial charge in [-0.2, -0.15) is 0 Å². The van der Waals surface area contributed by atoms with Gasteiger partial charge in [0.05, 0.1) is 27.9 Å². The standard InChI is InChI=1S/C27H26Cl2FN3O3S/c28-19-12-13-21(27-25(19)20(29)17-31-27)32-37(34,35)24-11-5-10-23(26(24)30)36-16-4-3-14-33-15-6-8-18-7-1-2-9-22(18)33/h1-2,5,7,9-13,17,31-32H,3-4,6,8,14-16H2. The maximum atomic E-state index is 15.2. The highest BCUT2D eigenvalue weighted by molar-refractivity contribution is 7.92. The molecular weight excluding hydrogens is 536 g/mol. The number of sulfonamides is 1. The Morgan fingerprint density at radius 1 is 1.03 bits per heavy atom. The van der Waals surface area contributed by atoms with Gasteiger partial charge < -0.3 is 14.6 Å². The number of nitrogens with one attached hydrogen (secondary N) is 2. The first-order valence-corrected chi connectivity index (χ1v) is 14.3. The maximum absolute atomic E-state index is 15.2. The second-order valence-corrected chi connectivity index (χ2v) is 11.4. The van der Waals surface area contributed by atoms with E-state index in [0.29, 0.717) is 27.4 Å². The fourth-order valence-electron chi connectivity index (χ4n) is 4.69. The molecule has 1 aliphatic rings. The van der Waals surface area contributed by atoms with Crippen LogP contribution in [-0.4, -0.2) is 33.1 Å². The lowest BCUT2D eigenvalue weighted by Gasteiger charge is -2.31. The Kier molecular flexibility index (Phi) is 7.51. The van der Waals surface area contributed by atoms with Crippen LogP contribution in [0.1, 0.15) is 24.8 Å². The molecule has 5 rings (SSSR count). The highest BCUT2D eigenvalue weighted by Gasteiger charge is 2.24. The largest absolute Gasteiger partial charge is 0.490 e. The fraction of sp³-hybridized carbons (Fsp3) is 0.259. The van der Waals surface area contributed by atoms with Gasteiger partial charge >= 0.3 is 0 Å². The summed E-state index contributed by atoms with van der Waals surface area (Å²) < 4.78 is 49.4. The van der Waals surface area contributed by atoms with Crippen molar-refractivity contribution in [2.24, 2.45) is 0 Å². The van der Waals surface area contributed by atoms with Crippen molar-refractivity contribution in [1.82, 2.24) is 4.98 Å². The van der Waals surface area contributed by atoms with Crippen LogP contribution in [0.3, 0.4) is 0 Å². The molecule has 1 aliphatic heterocycles. The number of para-hydroxylation sites is 1. The average Bonchev–Trinajstić information content (AvgIpc) is 3.29. The molecule has 194 valence electrons. The Morgan fingerprint density at radius 2 is 1.86 bits per heavy atom. The minimum Gasteiger partial charge on any atom is -0.490 e. The smallest absolute Gasteiger partial charge is 0.265 e. The summed E-state index contributed by atoms with van der Waals surface area (Å²) in [5, 5.41) is 1.21. The Labute approximate surface area is 225 Å². The van der Waals surface area contributed by atoms with Gasteiger partial charge in [-0.3, -0.25) is 4.72 Å². The summed E-state index contributed by atoms with van der Waals surface area (Å²) in [7, 11) is -4.26. The van der Waals surface area contributed by atoms with Crippen molar-refractivity contribution in [3.05, 3.63) is 82.2 Å². The van der Waals surface area contributed by atoms with Crippen LogP contribution in [0.15, 0.2) is 65.7 Å². The number of unbranched alkanes of at least 4 members (excludes halogenated alkanes) is 1. The Balaban J connectivity index is 1.22. The van der Waals surface area contributed by atoms with Gasteiger partial charge in [0.1, 0.15) is 4.90 Å². The molecule has 0 spiro atoms. The SMILES string of the molecule is O=S(=O)(Nc1ccc(Cl)c2c(Cl)c[nH]c12)c1cccc(OCCCCN2CCCc3ccccc32)c1F. The zero-order valence-corrected chi connectivity index (χ0v) is 22.3. The van der Waals surface area contributed by atoms with Gasteiger partial charge in [0.15, 0.2) is 11.6 Å². The van der Waals surface area contributed by atoms with E-state index in [9.17, 15) is 8.42 Å². The van der Waals surface area contributed by atoms with E-state index >= 15 is 4.39 Å². The summed E-state index contributed by atoms with van der Waals surface area (Å²) >= 11 is 12.3. The summed E-state index contributed by atoms with van der Waals surface area (Å²) in [6, 6.07) is 15.6. The topological polar surface area (TPSA) is 74.4 Å². The summed E-state index contributed by atoms with van der Waals surface area (Å²) in [6.07, 6.45) is 5.33. The Hall–Kier alpha value is -2.94. The van der Waals surface area contributed by atoms with E-state index in [1.165, 1.54) is 47.8 Å². The van der Waals surface area contributed by atoms with Crippen LogP contribution in [0.2, 0.25) is 10.0 Å². The van der Waals surface area contributed by atoms with Crippen molar-refractivity contribution < 1.29 is 17.5 Å². The number of nitrogens with zero attached hydrogens (tertiary/aromatic N) is 1. The van der Waals surface area contributed by atoms with E-state index in [0.717, 1.165) is 32.4 Å². The predicted molar refractivity (Wildman–Crippen MR) is 147 cm³/mol. The Morgan fingerprint density at radius 3 is 2.73 bits per heavy atom. The molecular formula is C27H26Cl2FN3O3S. The number of fused-ring (bicyclic) bond motifs is 2. The van der Waals surface area contributed by atoms with Crippen molar-refractivity contribution in [2.45, 2.75) is 30.6 Å². The van der Waals surface area contributed by atoms with Crippen LogP contribution >= 0.6 is 23.2 Å². The molecule has 0 saturated carbocycles. The Bertz CT molecular complexity index is 1540. The number of halogens is 3. The van der Waals surface area contributed by atoms with Crippen LogP contribution in [0.4, 0.5) is 15.8 Å². The summed E-state index contributed by atoms with van der Waals surface area (Å²) in [5.41, 5.74) is 3.27. The van der Waals surface area contributed by atoms with Crippen LogP contribution in [0, 0.1) is 5.82 Å². The number of aromatic amines is 1. The first-order chi connectivity index (χ1) is 17.8. The molecule has 0 fully saturated rings. The summed E-state index contributed by atoms with van der Waals surface area (Å²) in [5.74, 6) is -1.04. The van der Waals surface area contributed by atoms with Crippen LogP contribution in [0.25, 0.3) is 10.9 Å². The first kappa shape index (κ1) is 25.7. The average molecular weight is 562 g/mol. The lowest BCUT2D eigenvalue weighted by atomic mass is 10.0. The van der Waals surface area contributed by atoms with E-state index in [1.54, 1.807) is 0 Å². The maximum Gasteiger partial charge on any atom is 0.265 e. The molecule has 0 aliphatic carbocycles. The molecule has 0 saturated heterocycles. The highest BCUT2D eigenvalue weighted by atomic mass is 35.5. The van der Waals surface area contributed by atoms with Crippen molar-refractivity contribution in [2.75, 3.05) is 29.3 Å². The van der Waals surface area contributed by atoms with Gasteiger partial charge in [-0.25, -0.2) is 12.8 Å². The molecule has 2 heterocycles. The van der Waals surface area contributed by atoms with E-state index < -0.39 is 20.7 Å². The van der Waals surface area contributed by atoms with Gasteiger partial charge in [0.25, 0.3) is 10.0 Å². The van der Waals surface area contributed by atoms with Gasteiger partial charge in [-0.1, -0.05) is 47.5 Å². The highest BCUT2D eigenvalue weighted by Crippen LogP contribution is 2.36. The van der Waals surface area contributed by atoms with Gasteiger partial charge in [-0.05, 0) is 61.6 Å². The second kappa shape index (κ2) is 10.8. The first-order valence-electron chi connectivity index (χ1n) is 12.1. The van der Waals surface area contributed by atoms with E-state index in [4.69, 9.17) is 27.9 Å². The van der Waals surface area contributed by atoms with Crippen molar-refractivity contribution in [1.29, 1.82) is 0 Å². The van der Waals surface area contributed by atoms with Crippen molar-refractivity contribution in [3.8, 4) is 5.75 Å². The number of aryl methyl sites for hydroxylation is 1. The molecule has 0 amide bonds. The molecule has 0 bridgehead atoms. The zero-order valence-electron chi connectivity index (χ0n) is 19.9. The molecule has 6 nitrogen and oxygen atoms in total. The summed E-state index contributed by atoms with van der Waals surface area (Å²) in [4.78, 5) is 4.78. The minimum absolute atomic E-state index is 0.102. The third kappa shape index (κ3) is 5.37. The number of hydrogen-bond acceptors (Lipinski definition) is 4. The molecule has 4 aromatic rings. The molecule has 37 heavy (non-hydrogen) atoms. The van der Waals surface area contributed by atoms with E-state index in [1.807, 2.05) is 0 Å². The minimum atomic E-state index is -4.26. The lowest BCUT2D eigenvalue weighted by Crippen LogP contribution is -2.30. The lowest BCUT2D eigenvalue weighted by molar-refractivity contribution is 0.289. The van der Waals surface area contributed by atoms with Gasteiger partial charge in [-0.15, -0.1) is 0 Å². The molecule has 0 unspecified atom stereocenters. The number of rotatable bonds is 9. The van der Waals surface area contributed by atoms with Gasteiger partial charge in [0, 0.05) is 30.4 Å². The van der Waals surface area contributed by atoms with Crippen molar-refractivity contribution in [3.63, 3.8) is 0 Å². The second-order valence-electron chi connectivity index (χ2n) is 8.93.